The van der Waals surface area contributed by atoms with Crippen molar-refractivity contribution in [1.29, 1.82) is 0 Å². The fourth-order valence-electron chi connectivity index (χ4n) is 3.76. The van der Waals surface area contributed by atoms with Crippen molar-refractivity contribution in [2.24, 2.45) is 35.5 Å². The van der Waals surface area contributed by atoms with Crippen LogP contribution in [0.2, 0.25) is 0 Å². The Morgan fingerprint density at radius 3 is 2.38 bits per heavy atom. The van der Waals surface area contributed by atoms with E-state index in [0.29, 0.717) is 41.3 Å². The molecule has 1 heteroatoms. The first kappa shape index (κ1) is 11.9. The summed E-state index contributed by atoms with van der Waals surface area (Å²) in [5, 5.41) is 0. The van der Waals surface area contributed by atoms with E-state index in [-0.39, 0.29) is 0 Å². The summed E-state index contributed by atoms with van der Waals surface area (Å²) in [6, 6.07) is 0. The molecule has 0 unspecified atom stereocenters. The van der Waals surface area contributed by atoms with Gasteiger partial charge in [0.05, 0.1) is 0 Å². The summed E-state index contributed by atoms with van der Waals surface area (Å²) in [6.45, 7) is 8.83. The monoisotopic (exact) mass is 220 g/mol. The lowest BCUT2D eigenvalue weighted by atomic mass is 9.73. The van der Waals surface area contributed by atoms with Crippen molar-refractivity contribution >= 4 is 5.78 Å². The van der Waals surface area contributed by atoms with Crippen molar-refractivity contribution in [2.75, 3.05) is 0 Å². The van der Waals surface area contributed by atoms with Crippen LogP contribution in [0, 0.1) is 35.5 Å². The molecular weight excluding hydrogens is 196 g/mol. The number of fused-ring (bicyclic) bond motifs is 2. The highest BCUT2D eigenvalue weighted by atomic mass is 16.1. The highest BCUT2D eigenvalue weighted by molar-refractivity contribution is 5.82. The molecule has 0 N–H and O–H groups in total. The first-order valence-electron chi connectivity index (χ1n) is 6.71. The number of rotatable bonds is 4. The molecule has 0 aliphatic heterocycles. The van der Waals surface area contributed by atoms with Gasteiger partial charge in [-0.05, 0) is 36.0 Å². The van der Waals surface area contributed by atoms with E-state index in [0.717, 1.165) is 6.42 Å². The molecule has 0 heterocycles. The number of carbonyl (C=O) groups excluding carboxylic acids is 1. The zero-order valence-electron chi connectivity index (χ0n) is 10.9. The van der Waals surface area contributed by atoms with Gasteiger partial charge in [-0.15, -0.1) is 0 Å². The van der Waals surface area contributed by atoms with Gasteiger partial charge in [-0.2, -0.15) is 0 Å². The molecule has 0 amide bonds. The molecule has 2 aliphatic rings. The summed E-state index contributed by atoms with van der Waals surface area (Å²) in [5.41, 5.74) is 0. The van der Waals surface area contributed by atoms with Gasteiger partial charge in [0.1, 0.15) is 5.78 Å². The third-order valence-electron chi connectivity index (χ3n) is 4.27. The number of carbonyl (C=O) groups is 1. The Morgan fingerprint density at radius 1 is 1.19 bits per heavy atom. The van der Waals surface area contributed by atoms with Crippen molar-refractivity contribution in [1.82, 2.24) is 0 Å². The van der Waals surface area contributed by atoms with Gasteiger partial charge in [-0.3, -0.25) is 4.79 Å². The summed E-state index contributed by atoms with van der Waals surface area (Å²) < 4.78 is 0. The van der Waals surface area contributed by atoms with Crippen LogP contribution in [-0.4, -0.2) is 5.78 Å². The molecule has 16 heavy (non-hydrogen) atoms. The van der Waals surface area contributed by atoms with E-state index < -0.39 is 0 Å². The first-order chi connectivity index (χ1) is 7.50. The molecular formula is C15H24O. The second kappa shape index (κ2) is 4.35. The van der Waals surface area contributed by atoms with Crippen LogP contribution in [-0.2, 0) is 4.79 Å². The van der Waals surface area contributed by atoms with Crippen molar-refractivity contribution in [3.8, 4) is 0 Å². The average Bonchev–Trinajstić information content (AvgIpc) is 2.74. The van der Waals surface area contributed by atoms with Crippen LogP contribution in [0.5, 0.6) is 0 Å². The summed E-state index contributed by atoms with van der Waals surface area (Å²) in [5.74, 6) is 3.85. The van der Waals surface area contributed by atoms with E-state index in [1.54, 1.807) is 0 Å². The molecule has 1 saturated carbocycles. The topological polar surface area (TPSA) is 17.1 Å². The summed E-state index contributed by atoms with van der Waals surface area (Å²) in [6.07, 6.45) is 6.66. The minimum atomic E-state index is 0.331. The van der Waals surface area contributed by atoms with Gasteiger partial charge in [0.15, 0.2) is 0 Å². The second-order valence-corrected chi connectivity index (χ2v) is 6.36. The van der Waals surface area contributed by atoms with Crippen LogP contribution in [0.15, 0.2) is 12.2 Å². The van der Waals surface area contributed by atoms with Gasteiger partial charge in [-0.1, -0.05) is 39.8 Å². The summed E-state index contributed by atoms with van der Waals surface area (Å²) in [7, 11) is 0. The third kappa shape index (κ3) is 1.97. The first-order valence-corrected chi connectivity index (χ1v) is 6.71. The molecule has 0 spiro atoms. The quantitative estimate of drug-likeness (QED) is 0.660. The molecule has 0 radical (unpaired) electrons. The van der Waals surface area contributed by atoms with Gasteiger partial charge in [0.2, 0.25) is 0 Å². The van der Waals surface area contributed by atoms with Crippen LogP contribution in [0.1, 0.15) is 40.5 Å². The van der Waals surface area contributed by atoms with Crippen LogP contribution >= 0.6 is 0 Å². The van der Waals surface area contributed by atoms with Gasteiger partial charge >= 0.3 is 0 Å². The van der Waals surface area contributed by atoms with Crippen LogP contribution in [0.25, 0.3) is 0 Å². The minimum absolute atomic E-state index is 0.331. The number of hydrogen-bond acceptors (Lipinski definition) is 1. The number of allylic oxidation sites excluding steroid dienone is 2. The van der Waals surface area contributed by atoms with E-state index in [1.807, 2.05) is 0 Å². The Labute approximate surface area is 99.3 Å². The summed E-state index contributed by atoms with van der Waals surface area (Å²) in [4.78, 5) is 12.3. The summed E-state index contributed by atoms with van der Waals surface area (Å²) >= 11 is 0. The van der Waals surface area contributed by atoms with Crippen LogP contribution in [0.3, 0.4) is 0 Å². The Morgan fingerprint density at radius 2 is 1.81 bits per heavy atom. The molecule has 1 nitrogen and oxygen atoms in total. The number of ketones is 1. The lowest BCUT2D eigenvalue weighted by Crippen LogP contribution is -2.31. The maximum absolute atomic E-state index is 12.3. The van der Waals surface area contributed by atoms with Gasteiger partial charge in [0.25, 0.3) is 0 Å². The van der Waals surface area contributed by atoms with Crippen molar-refractivity contribution in [3.63, 3.8) is 0 Å². The lowest BCUT2D eigenvalue weighted by Gasteiger charge is -2.30. The number of hydrogen-bond donors (Lipinski definition) is 0. The van der Waals surface area contributed by atoms with Crippen LogP contribution in [0.4, 0.5) is 0 Å². The van der Waals surface area contributed by atoms with E-state index in [2.05, 4.69) is 39.8 Å². The number of Topliss-reactive ketones (excluding diaryl/α,β-unsaturated/α-hetero) is 1. The fourth-order valence-corrected chi connectivity index (χ4v) is 3.76. The molecule has 4 atom stereocenters. The third-order valence-corrected chi connectivity index (χ3v) is 4.27. The zero-order chi connectivity index (χ0) is 11.9. The molecule has 0 aromatic rings. The molecule has 0 aromatic carbocycles. The predicted molar refractivity (Wildman–Crippen MR) is 67.0 cm³/mol. The van der Waals surface area contributed by atoms with E-state index in [1.165, 1.54) is 6.42 Å². The standard InChI is InChI=1S/C15H24O/c1-9(2)7-13(16)15-12-6-5-11(8-12)14(15)10(3)4/h5-6,9-12,14-15H,7-8H2,1-4H3/t11-,12+,14+,15-/m1/s1. The van der Waals surface area contributed by atoms with E-state index in [4.69, 9.17) is 0 Å². The highest BCUT2D eigenvalue weighted by Crippen LogP contribution is 2.51. The largest absolute Gasteiger partial charge is 0.299 e. The molecule has 2 bridgehead atoms. The van der Waals surface area contributed by atoms with Crippen molar-refractivity contribution in [3.05, 3.63) is 12.2 Å². The molecule has 0 saturated heterocycles. The van der Waals surface area contributed by atoms with Crippen LogP contribution < -0.4 is 0 Å². The normalized spacial score (nSPS) is 36.6. The zero-order valence-corrected chi connectivity index (χ0v) is 10.9. The molecule has 2 rings (SSSR count). The highest BCUT2D eigenvalue weighted by Gasteiger charge is 2.48. The molecule has 90 valence electrons. The SMILES string of the molecule is CC(C)CC(=O)[C@@H]1[C@@H](C(C)C)[C@@H]2C=C[C@H]1C2. The Hall–Kier alpha value is -0.590. The van der Waals surface area contributed by atoms with Gasteiger partial charge in [-0.25, -0.2) is 0 Å². The predicted octanol–water partition coefficient (Wildman–Crippen LogP) is 3.70. The average molecular weight is 220 g/mol. The maximum atomic E-state index is 12.3. The Kier molecular flexibility index (Phi) is 3.23. The lowest BCUT2D eigenvalue weighted by molar-refractivity contribution is -0.126. The van der Waals surface area contributed by atoms with Crippen molar-refractivity contribution in [2.45, 2.75) is 40.5 Å². The van der Waals surface area contributed by atoms with E-state index in [9.17, 15) is 4.79 Å². The maximum Gasteiger partial charge on any atom is 0.137 e. The smallest absolute Gasteiger partial charge is 0.137 e. The van der Waals surface area contributed by atoms with Gasteiger partial charge in [0, 0.05) is 12.3 Å². The minimum Gasteiger partial charge on any atom is -0.299 e. The molecule has 2 aliphatic carbocycles. The molecule has 0 aromatic heterocycles. The Balaban J connectivity index is 2.13. The molecule has 1 fully saturated rings. The fraction of sp³-hybridized carbons (Fsp3) is 0.800. The van der Waals surface area contributed by atoms with Crippen molar-refractivity contribution < 1.29 is 4.79 Å². The second-order valence-electron chi connectivity index (χ2n) is 6.36. The van der Waals surface area contributed by atoms with Gasteiger partial charge < -0.3 is 0 Å². The Bertz CT molecular complexity index is 301. The van der Waals surface area contributed by atoms with E-state index >= 15 is 0 Å².